The van der Waals surface area contributed by atoms with Crippen LogP contribution in [0.2, 0.25) is 0 Å². The molecular formula is C18H18N2O3. The van der Waals surface area contributed by atoms with E-state index in [1.165, 1.54) is 0 Å². The number of hydrogen-bond donors (Lipinski definition) is 0. The molecule has 118 valence electrons. The van der Waals surface area contributed by atoms with Crippen LogP contribution in [-0.4, -0.2) is 15.8 Å². The lowest BCUT2D eigenvalue weighted by atomic mass is 10.1. The molecule has 3 rings (SSSR count). The van der Waals surface area contributed by atoms with Gasteiger partial charge in [-0.15, -0.1) is 0 Å². The molecule has 0 spiro atoms. The third kappa shape index (κ3) is 4.32. The number of carbonyl (C=O) groups is 1. The van der Waals surface area contributed by atoms with Crippen molar-refractivity contribution in [3.63, 3.8) is 0 Å². The third-order valence-electron chi connectivity index (χ3n) is 3.56. The number of amides is 1. The molecule has 5 nitrogen and oxygen atoms in total. The van der Waals surface area contributed by atoms with Gasteiger partial charge in [0.15, 0.2) is 0 Å². The van der Waals surface area contributed by atoms with Crippen LogP contribution in [0.1, 0.15) is 23.5 Å². The Balaban J connectivity index is 1.65. The highest BCUT2D eigenvalue weighted by atomic mass is 16.3. The van der Waals surface area contributed by atoms with Gasteiger partial charge in [-0.2, -0.15) is 0 Å². The minimum absolute atomic E-state index is 0.0571. The van der Waals surface area contributed by atoms with Crippen LogP contribution in [0.5, 0.6) is 0 Å². The number of aryl methyl sites for hydroxylation is 1. The molecule has 0 aliphatic rings. The molecule has 3 heterocycles. The van der Waals surface area contributed by atoms with Gasteiger partial charge >= 0.3 is 0 Å². The normalized spacial score (nSPS) is 10.6. The van der Waals surface area contributed by atoms with E-state index >= 15 is 0 Å². The molecule has 0 saturated heterocycles. The maximum Gasteiger partial charge on any atom is 0.223 e. The van der Waals surface area contributed by atoms with Crippen LogP contribution in [0.15, 0.2) is 70.2 Å². The first-order chi connectivity index (χ1) is 11.3. The fraction of sp³-hybridized carbons (Fsp3) is 0.222. The molecule has 0 N–H and O–H groups in total. The van der Waals surface area contributed by atoms with E-state index in [4.69, 9.17) is 8.83 Å². The van der Waals surface area contributed by atoms with Crippen LogP contribution in [0, 0.1) is 0 Å². The van der Waals surface area contributed by atoms with Gasteiger partial charge < -0.3 is 13.7 Å². The largest absolute Gasteiger partial charge is 0.467 e. The monoisotopic (exact) mass is 310 g/mol. The van der Waals surface area contributed by atoms with E-state index in [1.54, 1.807) is 29.8 Å². The summed E-state index contributed by atoms with van der Waals surface area (Å²) in [6.07, 6.45) is 7.83. The molecule has 0 bridgehead atoms. The molecule has 0 aliphatic heterocycles. The van der Waals surface area contributed by atoms with Gasteiger partial charge in [-0.3, -0.25) is 9.78 Å². The maximum absolute atomic E-state index is 12.6. The Hall–Kier alpha value is -2.82. The van der Waals surface area contributed by atoms with Gasteiger partial charge in [0.25, 0.3) is 0 Å². The molecular weight excluding hydrogens is 292 g/mol. The fourth-order valence-electron chi connectivity index (χ4n) is 2.37. The lowest BCUT2D eigenvalue weighted by molar-refractivity contribution is -0.133. The zero-order valence-corrected chi connectivity index (χ0v) is 12.7. The quantitative estimate of drug-likeness (QED) is 0.671. The van der Waals surface area contributed by atoms with Crippen molar-refractivity contribution >= 4 is 5.91 Å². The molecule has 0 radical (unpaired) electrons. The average Bonchev–Trinajstić information content (AvgIpc) is 3.27. The number of furan rings is 2. The first-order valence-electron chi connectivity index (χ1n) is 7.53. The van der Waals surface area contributed by atoms with Gasteiger partial charge in [-0.05, 0) is 42.3 Å². The Morgan fingerprint density at radius 3 is 2.22 bits per heavy atom. The lowest BCUT2D eigenvalue weighted by Gasteiger charge is -2.20. The topological polar surface area (TPSA) is 59.5 Å². The second-order valence-electron chi connectivity index (χ2n) is 5.27. The Morgan fingerprint density at radius 2 is 1.70 bits per heavy atom. The number of carbonyl (C=O) groups excluding carboxylic acids is 1. The summed E-state index contributed by atoms with van der Waals surface area (Å²) in [4.78, 5) is 18.4. The summed E-state index contributed by atoms with van der Waals surface area (Å²) in [7, 11) is 0. The number of rotatable bonds is 7. The van der Waals surface area contributed by atoms with Gasteiger partial charge in [0.2, 0.25) is 5.91 Å². The zero-order valence-electron chi connectivity index (χ0n) is 12.7. The van der Waals surface area contributed by atoms with Crippen LogP contribution >= 0.6 is 0 Å². The number of pyridine rings is 1. The van der Waals surface area contributed by atoms with Crippen LogP contribution in [0.3, 0.4) is 0 Å². The molecule has 3 aromatic heterocycles. The summed E-state index contributed by atoms with van der Waals surface area (Å²) in [5.41, 5.74) is 1.05. The van der Waals surface area contributed by atoms with E-state index in [-0.39, 0.29) is 5.91 Å². The minimum Gasteiger partial charge on any atom is -0.467 e. The predicted octanol–water partition coefficient (Wildman–Crippen LogP) is 3.43. The summed E-state index contributed by atoms with van der Waals surface area (Å²) >= 11 is 0. The average molecular weight is 310 g/mol. The first-order valence-corrected chi connectivity index (χ1v) is 7.53. The van der Waals surface area contributed by atoms with Gasteiger partial charge in [-0.25, -0.2) is 0 Å². The zero-order chi connectivity index (χ0) is 15.9. The summed E-state index contributed by atoms with van der Waals surface area (Å²) in [6, 6.07) is 11.2. The second-order valence-corrected chi connectivity index (χ2v) is 5.27. The van der Waals surface area contributed by atoms with E-state index in [0.29, 0.717) is 25.9 Å². The number of aromatic nitrogens is 1. The molecule has 5 heteroatoms. The molecule has 23 heavy (non-hydrogen) atoms. The highest BCUT2D eigenvalue weighted by Crippen LogP contribution is 2.13. The Morgan fingerprint density at radius 1 is 1.00 bits per heavy atom. The van der Waals surface area contributed by atoms with Crippen molar-refractivity contribution < 1.29 is 13.6 Å². The summed E-state index contributed by atoms with van der Waals surface area (Å²) in [5, 5.41) is 0. The SMILES string of the molecule is O=C(CCc1cccnc1)N(Cc1ccco1)Cc1ccco1. The van der Waals surface area contributed by atoms with Gasteiger partial charge in [0, 0.05) is 18.8 Å². The summed E-state index contributed by atoms with van der Waals surface area (Å²) in [5.74, 6) is 1.57. The maximum atomic E-state index is 12.6. The number of nitrogens with zero attached hydrogens (tertiary/aromatic N) is 2. The smallest absolute Gasteiger partial charge is 0.223 e. The van der Waals surface area contributed by atoms with E-state index in [0.717, 1.165) is 17.1 Å². The standard InChI is InChI=1S/C18H18N2O3/c21-18(8-7-15-4-1-9-19-12-15)20(13-16-5-2-10-22-16)14-17-6-3-11-23-17/h1-6,9-12H,7-8,13-14H2. The molecule has 0 aliphatic carbocycles. The molecule has 0 saturated carbocycles. The van der Waals surface area contributed by atoms with Crippen molar-refractivity contribution in [2.45, 2.75) is 25.9 Å². The van der Waals surface area contributed by atoms with E-state index in [2.05, 4.69) is 4.98 Å². The van der Waals surface area contributed by atoms with Gasteiger partial charge in [-0.1, -0.05) is 6.07 Å². The minimum atomic E-state index is 0.0571. The lowest BCUT2D eigenvalue weighted by Crippen LogP contribution is -2.30. The van der Waals surface area contributed by atoms with Gasteiger partial charge in [0.1, 0.15) is 11.5 Å². The van der Waals surface area contributed by atoms with Crippen molar-refractivity contribution in [1.82, 2.24) is 9.88 Å². The van der Waals surface area contributed by atoms with Crippen LogP contribution in [-0.2, 0) is 24.3 Å². The van der Waals surface area contributed by atoms with Crippen LogP contribution in [0.25, 0.3) is 0 Å². The van der Waals surface area contributed by atoms with Crippen molar-refractivity contribution in [2.75, 3.05) is 0 Å². The molecule has 0 aromatic carbocycles. The van der Waals surface area contributed by atoms with Crippen LogP contribution in [0.4, 0.5) is 0 Å². The first kappa shape index (κ1) is 15.1. The highest BCUT2D eigenvalue weighted by molar-refractivity contribution is 5.76. The van der Waals surface area contributed by atoms with Crippen molar-refractivity contribution in [1.29, 1.82) is 0 Å². The fourth-order valence-corrected chi connectivity index (χ4v) is 2.37. The van der Waals surface area contributed by atoms with Crippen molar-refractivity contribution in [2.24, 2.45) is 0 Å². The van der Waals surface area contributed by atoms with E-state index in [1.807, 2.05) is 36.4 Å². The highest BCUT2D eigenvalue weighted by Gasteiger charge is 2.17. The summed E-state index contributed by atoms with van der Waals surface area (Å²) in [6.45, 7) is 0.860. The molecule has 0 fully saturated rings. The molecule has 3 aromatic rings. The van der Waals surface area contributed by atoms with Crippen molar-refractivity contribution in [3.8, 4) is 0 Å². The molecule has 0 atom stereocenters. The summed E-state index contributed by atoms with van der Waals surface area (Å²) < 4.78 is 10.7. The second kappa shape index (κ2) is 7.45. The predicted molar refractivity (Wildman–Crippen MR) is 84.2 cm³/mol. The Labute approximate surface area is 134 Å². The number of hydrogen-bond acceptors (Lipinski definition) is 4. The Bertz CT molecular complexity index is 670. The molecule has 0 unspecified atom stereocenters. The Kier molecular flexibility index (Phi) is 4.88. The van der Waals surface area contributed by atoms with E-state index < -0.39 is 0 Å². The van der Waals surface area contributed by atoms with Gasteiger partial charge in [0.05, 0.1) is 25.6 Å². The molecule has 1 amide bonds. The van der Waals surface area contributed by atoms with Crippen LogP contribution < -0.4 is 0 Å². The van der Waals surface area contributed by atoms with Crippen molar-refractivity contribution in [3.05, 3.63) is 78.4 Å². The third-order valence-corrected chi connectivity index (χ3v) is 3.56. The van der Waals surface area contributed by atoms with E-state index in [9.17, 15) is 4.79 Å².